The molecule has 0 aliphatic carbocycles. The molecule has 7 heteroatoms. The SMILES string of the molecule is CC(=O)Nc1ccc(Cl)cc1NC(=O)CC1CC2CCC(C1)N2.Cl. The van der Waals surface area contributed by atoms with Gasteiger partial charge < -0.3 is 16.0 Å². The number of piperidine rings is 1. The van der Waals surface area contributed by atoms with Crippen molar-refractivity contribution >= 4 is 47.2 Å². The van der Waals surface area contributed by atoms with Crippen LogP contribution in [0.15, 0.2) is 18.2 Å². The normalized spacial score (nSPS) is 24.8. The van der Waals surface area contributed by atoms with E-state index < -0.39 is 0 Å². The minimum Gasteiger partial charge on any atom is -0.325 e. The number of anilines is 2. The predicted molar refractivity (Wildman–Crippen MR) is 98.9 cm³/mol. The standard InChI is InChI=1S/C17H22ClN3O2.ClH/c1-10(22)19-15-5-2-12(18)9-16(15)21-17(23)8-11-6-13-3-4-14(7-11)20-13;/h2,5,9,11,13-14,20H,3-4,6-8H2,1H3,(H,19,22)(H,21,23);1H. The number of halogens is 2. The topological polar surface area (TPSA) is 70.2 Å². The first kappa shape index (κ1) is 19.0. The van der Waals surface area contributed by atoms with Crippen molar-refractivity contribution in [3.8, 4) is 0 Å². The molecule has 0 saturated carbocycles. The second-order valence-electron chi connectivity index (χ2n) is 6.60. The van der Waals surface area contributed by atoms with Crippen molar-refractivity contribution in [3.05, 3.63) is 23.2 Å². The number of benzene rings is 1. The van der Waals surface area contributed by atoms with Gasteiger partial charge in [0.1, 0.15) is 0 Å². The van der Waals surface area contributed by atoms with Crippen LogP contribution < -0.4 is 16.0 Å². The summed E-state index contributed by atoms with van der Waals surface area (Å²) in [5.41, 5.74) is 1.12. The summed E-state index contributed by atoms with van der Waals surface area (Å²) in [5, 5.41) is 9.71. The molecule has 1 aromatic rings. The maximum absolute atomic E-state index is 12.4. The highest BCUT2D eigenvalue weighted by Crippen LogP contribution is 2.33. The lowest BCUT2D eigenvalue weighted by Gasteiger charge is -2.28. The van der Waals surface area contributed by atoms with Crippen LogP contribution >= 0.6 is 24.0 Å². The molecule has 5 nitrogen and oxygen atoms in total. The van der Waals surface area contributed by atoms with Gasteiger partial charge in [0, 0.05) is 30.5 Å². The van der Waals surface area contributed by atoms with Crippen LogP contribution in [0.5, 0.6) is 0 Å². The summed E-state index contributed by atoms with van der Waals surface area (Å²) in [5.74, 6) is 0.222. The zero-order valence-electron chi connectivity index (χ0n) is 13.6. The van der Waals surface area contributed by atoms with Gasteiger partial charge in [0.2, 0.25) is 11.8 Å². The van der Waals surface area contributed by atoms with Gasteiger partial charge in [0.05, 0.1) is 11.4 Å². The van der Waals surface area contributed by atoms with Crippen LogP contribution in [0.4, 0.5) is 11.4 Å². The van der Waals surface area contributed by atoms with E-state index in [1.54, 1.807) is 18.2 Å². The molecular formula is C17H23Cl2N3O2. The smallest absolute Gasteiger partial charge is 0.224 e. The molecule has 2 amide bonds. The number of carbonyl (C=O) groups is 2. The van der Waals surface area contributed by atoms with Crippen molar-refractivity contribution in [2.24, 2.45) is 5.92 Å². The van der Waals surface area contributed by atoms with Crippen molar-refractivity contribution < 1.29 is 9.59 Å². The summed E-state index contributed by atoms with van der Waals surface area (Å²) in [6.07, 6.45) is 5.10. The van der Waals surface area contributed by atoms with Crippen molar-refractivity contribution in [1.29, 1.82) is 0 Å². The number of hydrogen-bond donors (Lipinski definition) is 3. The van der Waals surface area contributed by atoms with Crippen LogP contribution in [0.2, 0.25) is 5.02 Å². The Balaban J connectivity index is 0.00000208. The van der Waals surface area contributed by atoms with E-state index in [-0.39, 0.29) is 24.2 Å². The molecule has 2 atom stereocenters. The minimum absolute atomic E-state index is 0. The van der Waals surface area contributed by atoms with Gasteiger partial charge in [-0.05, 0) is 49.8 Å². The van der Waals surface area contributed by atoms with E-state index in [1.807, 2.05) is 0 Å². The molecule has 24 heavy (non-hydrogen) atoms. The number of fused-ring (bicyclic) bond motifs is 2. The average molecular weight is 372 g/mol. The van der Waals surface area contributed by atoms with Crippen LogP contribution in [0.25, 0.3) is 0 Å². The van der Waals surface area contributed by atoms with E-state index in [9.17, 15) is 9.59 Å². The summed E-state index contributed by atoms with van der Waals surface area (Å²) >= 11 is 6.00. The zero-order chi connectivity index (χ0) is 16.4. The molecule has 2 aliphatic heterocycles. The number of amides is 2. The Morgan fingerprint density at radius 1 is 1.17 bits per heavy atom. The highest BCUT2D eigenvalue weighted by molar-refractivity contribution is 6.31. The van der Waals surface area contributed by atoms with Gasteiger partial charge in [-0.25, -0.2) is 0 Å². The lowest BCUT2D eigenvalue weighted by Crippen LogP contribution is -2.39. The Labute approximate surface area is 153 Å². The molecule has 2 unspecified atom stereocenters. The highest BCUT2D eigenvalue weighted by atomic mass is 35.5. The Morgan fingerprint density at radius 2 is 1.83 bits per heavy atom. The maximum atomic E-state index is 12.4. The van der Waals surface area contributed by atoms with Crippen molar-refractivity contribution in [3.63, 3.8) is 0 Å². The molecule has 0 aromatic heterocycles. The molecule has 3 N–H and O–H groups in total. The predicted octanol–water partition coefficient (Wildman–Crippen LogP) is 3.58. The fourth-order valence-corrected chi connectivity index (χ4v) is 3.90. The van der Waals surface area contributed by atoms with Crippen LogP contribution in [0.3, 0.4) is 0 Å². The Kier molecular flexibility index (Phi) is 6.49. The third-order valence-corrected chi connectivity index (χ3v) is 4.85. The molecule has 2 aliphatic rings. The van der Waals surface area contributed by atoms with E-state index in [2.05, 4.69) is 16.0 Å². The monoisotopic (exact) mass is 371 g/mol. The summed E-state index contributed by atoms with van der Waals surface area (Å²) in [6, 6.07) is 6.20. The van der Waals surface area contributed by atoms with Crippen LogP contribution in [-0.4, -0.2) is 23.9 Å². The van der Waals surface area contributed by atoms with Crippen molar-refractivity contribution in [2.45, 2.75) is 51.1 Å². The first-order chi connectivity index (χ1) is 11.0. The third kappa shape index (κ3) is 4.85. The summed E-state index contributed by atoms with van der Waals surface area (Å²) < 4.78 is 0. The summed E-state index contributed by atoms with van der Waals surface area (Å²) in [7, 11) is 0. The Morgan fingerprint density at radius 3 is 2.46 bits per heavy atom. The Bertz CT molecular complexity index is 612. The lowest BCUT2D eigenvalue weighted by molar-refractivity contribution is -0.117. The first-order valence-corrected chi connectivity index (χ1v) is 8.50. The van der Waals surface area contributed by atoms with Crippen LogP contribution in [0, 0.1) is 5.92 Å². The first-order valence-electron chi connectivity index (χ1n) is 8.12. The van der Waals surface area contributed by atoms with Crippen molar-refractivity contribution in [2.75, 3.05) is 10.6 Å². The number of hydrogen-bond acceptors (Lipinski definition) is 3. The van der Waals surface area contributed by atoms with E-state index in [0.717, 1.165) is 12.8 Å². The second-order valence-corrected chi connectivity index (χ2v) is 7.04. The number of carbonyl (C=O) groups excluding carboxylic acids is 2. The zero-order valence-corrected chi connectivity index (χ0v) is 15.2. The molecule has 2 heterocycles. The lowest BCUT2D eigenvalue weighted by atomic mass is 9.89. The average Bonchev–Trinajstić information content (AvgIpc) is 2.80. The molecule has 0 radical (unpaired) electrons. The van der Waals surface area contributed by atoms with Gasteiger partial charge in [0.25, 0.3) is 0 Å². The third-order valence-electron chi connectivity index (χ3n) is 4.61. The molecular weight excluding hydrogens is 349 g/mol. The molecule has 2 saturated heterocycles. The molecule has 1 aromatic carbocycles. The van der Waals surface area contributed by atoms with Gasteiger partial charge in [0.15, 0.2) is 0 Å². The molecule has 0 spiro atoms. The van der Waals surface area contributed by atoms with Gasteiger partial charge in [-0.15, -0.1) is 12.4 Å². The van der Waals surface area contributed by atoms with E-state index in [0.29, 0.717) is 40.8 Å². The minimum atomic E-state index is -0.183. The number of rotatable bonds is 4. The largest absolute Gasteiger partial charge is 0.325 e. The van der Waals surface area contributed by atoms with E-state index in [4.69, 9.17) is 11.6 Å². The van der Waals surface area contributed by atoms with E-state index >= 15 is 0 Å². The fourth-order valence-electron chi connectivity index (χ4n) is 3.72. The molecule has 2 fully saturated rings. The molecule has 2 bridgehead atoms. The fraction of sp³-hybridized carbons (Fsp3) is 0.529. The summed E-state index contributed by atoms with van der Waals surface area (Å²) in [6.45, 7) is 1.44. The second kappa shape index (κ2) is 8.19. The maximum Gasteiger partial charge on any atom is 0.224 e. The Hall–Kier alpha value is -1.30. The highest BCUT2D eigenvalue weighted by Gasteiger charge is 2.34. The number of nitrogens with one attached hydrogen (secondary N) is 3. The van der Waals surface area contributed by atoms with Crippen LogP contribution in [0.1, 0.15) is 39.0 Å². The van der Waals surface area contributed by atoms with E-state index in [1.165, 1.54) is 19.8 Å². The van der Waals surface area contributed by atoms with Gasteiger partial charge in [-0.1, -0.05) is 11.6 Å². The summed E-state index contributed by atoms with van der Waals surface area (Å²) in [4.78, 5) is 23.6. The quantitative estimate of drug-likeness (QED) is 0.757. The molecule has 3 rings (SSSR count). The van der Waals surface area contributed by atoms with Gasteiger partial charge in [-0.2, -0.15) is 0 Å². The van der Waals surface area contributed by atoms with Crippen molar-refractivity contribution in [1.82, 2.24) is 5.32 Å². The van der Waals surface area contributed by atoms with Gasteiger partial charge >= 0.3 is 0 Å². The van der Waals surface area contributed by atoms with Crippen LogP contribution in [-0.2, 0) is 9.59 Å². The molecule has 132 valence electrons. The van der Waals surface area contributed by atoms with Gasteiger partial charge in [-0.3, -0.25) is 9.59 Å².